The maximum absolute atomic E-state index is 12.8. The first-order valence-electron chi connectivity index (χ1n) is 7.38. The smallest absolute Gasteiger partial charge is 0.349 e. The van der Waals surface area contributed by atoms with E-state index in [2.05, 4.69) is 30.8 Å². The van der Waals surface area contributed by atoms with Crippen LogP contribution in [0.2, 0.25) is 5.02 Å². The molecule has 2 N–H and O–H groups in total. The number of pyridine rings is 1. The van der Waals surface area contributed by atoms with E-state index >= 15 is 0 Å². The van der Waals surface area contributed by atoms with Gasteiger partial charge in [-0.05, 0) is 35.9 Å². The van der Waals surface area contributed by atoms with Gasteiger partial charge in [0.25, 0.3) is 0 Å². The van der Waals surface area contributed by atoms with Gasteiger partial charge in [0.2, 0.25) is 5.95 Å². The standard InChI is InChI=1S/C16H12ClF3N6/c17-12-2-1-11(16(18,19)20)7-13(12)24-14-9-23-26-15(25-14)22-8-10-3-5-21-6-4-10/h1-7,9H,8H2,(H2,22,24,25,26). The highest BCUT2D eigenvalue weighted by molar-refractivity contribution is 6.33. The van der Waals surface area contributed by atoms with Crippen LogP contribution in [0.3, 0.4) is 0 Å². The molecule has 0 spiro atoms. The highest BCUT2D eigenvalue weighted by Gasteiger charge is 2.31. The van der Waals surface area contributed by atoms with E-state index in [0.717, 1.165) is 17.7 Å². The zero-order valence-corrected chi connectivity index (χ0v) is 13.9. The van der Waals surface area contributed by atoms with Crippen molar-refractivity contribution >= 4 is 29.1 Å². The summed E-state index contributed by atoms with van der Waals surface area (Å²) in [5, 5.41) is 13.4. The van der Waals surface area contributed by atoms with Crippen LogP contribution in [0, 0.1) is 0 Å². The van der Waals surface area contributed by atoms with E-state index in [9.17, 15) is 13.2 Å². The molecule has 0 saturated heterocycles. The number of nitrogens with zero attached hydrogens (tertiary/aromatic N) is 4. The summed E-state index contributed by atoms with van der Waals surface area (Å²) in [4.78, 5) is 8.08. The number of benzene rings is 1. The van der Waals surface area contributed by atoms with Gasteiger partial charge < -0.3 is 10.6 Å². The Bertz CT molecular complexity index is 889. The number of aromatic nitrogens is 4. The average Bonchev–Trinajstić information content (AvgIpc) is 2.62. The van der Waals surface area contributed by atoms with Gasteiger partial charge in [-0.25, -0.2) is 0 Å². The van der Waals surface area contributed by atoms with Crippen molar-refractivity contribution in [2.24, 2.45) is 0 Å². The molecule has 1 aromatic carbocycles. The van der Waals surface area contributed by atoms with Gasteiger partial charge in [0, 0.05) is 18.9 Å². The van der Waals surface area contributed by atoms with Gasteiger partial charge in [-0.15, -0.1) is 5.10 Å². The van der Waals surface area contributed by atoms with E-state index < -0.39 is 11.7 Å². The lowest BCUT2D eigenvalue weighted by molar-refractivity contribution is -0.137. The molecule has 0 radical (unpaired) electrons. The maximum Gasteiger partial charge on any atom is 0.416 e. The van der Waals surface area contributed by atoms with Crippen molar-refractivity contribution in [2.75, 3.05) is 10.6 Å². The topological polar surface area (TPSA) is 75.6 Å². The fourth-order valence-electron chi connectivity index (χ4n) is 2.06. The minimum atomic E-state index is -4.47. The Morgan fingerprint density at radius 2 is 1.85 bits per heavy atom. The van der Waals surface area contributed by atoms with Gasteiger partial charge in [0.05, 0.1) is 22.5 Å². The molecule has 26 heavy (non-hydrogen) atoms. The Kier molecular flexibility index (Phi) is 5.17. The number of halogens is 4. The Morgan fingerprint density at radius 3 is 2.58 bits per heavy atom. The third-order valence-electron chi connectivity index (χ3n) is 3.32. The molecule has 0 atom stereocenters. The van der Waals surface area contributed by atoms with Gasteiger partial charge in [0.15, 0.2) is 5.82 Å². The first-order valence-corrected chi connectivity index (χ1v) is 7.76. The van der Waals surface area contributed by atoms with Gasteiger partial charge in [0.1, 0.15) is 0 Å². The second kappa shape index (κ2) is 7.52. The molecule has 0 bridgehead atoms. The molecule has 0 fully saturated rings. The lowest BCUT2D eigenvalue weighted by Gasteiger charge is -2.12. The lowest BCUT2D eigenvalue weighted by atomic mass is 10.2. The second-order valence-electron chi connectivity index (χ2n) is 5.19. The first-order chi connectivity index (χ1) is 12.4. The number of nitrogens with one attached hydrogen (secondary N) is 2. The molecule has 2 heterocycles. The van der Waals surface area contributed by atoms with Crippen molar-refractivity contribution in [3.63, 3.8) is 0 Å². The third kappa shape index (κ3) is 4.57. The number of hydrogen-bond acceptors (Lipinski definition) is 6. The summed E-state index contributed by atoms with van der Waals surface area (Å²) in [7, 11) is 0. The van der Waals surface area contributed by atoms with E-state index in [1.165, 1.54) is 12.3 Å². The van der Waals surface area contributed by atoms with Crippen molar-refractivity contribution in [3.05, 3.63) is 65.1 Å². The monoisotopic (exact) mass is 380 g/mol. The van der Waals surface area contributed by atoms with Crippen LogP contribution in [0.4, 0.5) is 30.6 Å². The van der Waals surface area contributed by atoms with Crippen LogP contribution in [0.15, 0.2) is 48.9 Å². The number of hydrogen-bond donors (Lipinski definition) is 2. The van der Waals surface area contributed by atoms with Crippen molar-refractivity contribution in [1.29, 1.82) is 0 Å². The molecule has 3 rings (SSSR count). The molecule has 0 aliphatic rings. The predicted octanol–water partition coefficient (Wildman–Crippen LogP) is 4.29. The van der Waals surface area contributed by atoms with Crippen LogP contribution in [0.5, 0.6) is 0 Å². The molecule has 0 saturated carbocycles. The zero-order valence-electron chi connectivity index (χ0n) is 13.1. The molecule has 3 aromatic rings. The zero-order chi connectivity index (χ0) is 18.6. The maximum atomic E-state index is 12.8. The molecular formula is C16H12ClF3N6. The summed E-state index contributed by atoms with van der Waals surface area (Å²) in [6.07, 6.45) is 0.129. The van der Waals surface area contributed by atoms with Gasteiger partial charge in [-0.1, -0.05) is 11.6 Å². The molecule has 0 unspecified atom stereocenters. The summed E-state index contributed by atoms with van der Waals surface area (Å²) in [6.45, 7) is 0.442. The van der Waals surface area contributed by atoms with Crippen molar-refractivity contribution < 1.29 is 13.2 Å². The van der Waals surface area contributed by atoms with E-state index in [1.54, 1.807) is 12.4 Å². The predicted molar refractivity (Wildman–Crippen MR) is 91.1 cm³/mol. The third-order valence-corrected chi connectivity index (χ3v) is 3.64. The highest BCUT2D eigenvalue weighted by Crippen LogP contribution is 2.34. The molecule has 10 heteroatoms. The largest absolute Gasteiger partial charge is 0.416 e. The van der Waals surface area contributed by atoms with Crippen LogP contribution < -0.4 is 10.6 Å². The van der Waals surface area contributed by atoms with E-state index in [-0.39, 0.29) is 22.5 Å². The quantitative estimate of drug-likeness (QED) is 0.687. The lowest BCUT2D eigenvalue weighted by Crippen LogP contribution is -2.08. The van der Waals surface area contributed by atoms with Crippen LogP contribution in [-0.4, -0.2) is 20.2 Å². The van der Waals surface area contributed by atoms with Crippen molar-refractivity contribution in [3.8, 4) is 0 Å². The summed E-state index contributed by atoms with van der Waals surface area (Å²) in [5.74, 6) is 0.424. The van der Waals surface area contributed by atoms with Crippen LogP contribution >= 0.6 is 11.6 Å². The number of alkyl halides is 3. The molecule has 0 amide bonds. The minimum Gasteiger partial charge on any atom is -0.349 e. The number of rotatable bonds is 5. The normalized spacial score (nSPS) is 11.2. The minimum absolute atomic E-state index is 0.0714. The molecule has 0 aliphatic carbocycles. The summed E-state index contributed by atoms with van der Waals surface area (Å²) in [5.41, 5.74) is 0.215. The highest BCUT2D eigenvalue weighted by atomic mass is 35.5. The molecule has 6 nitrogen and oxygen atoms in total. The van der Waals surface area contributed by atoms with E-state index in [4.69, 9.17) is 11.6 Å². The fourth-order valence-corrected chi connectivity index (χ4v) is 2.22. The average molecular weight is 381 g/mol. The van der Waals surface area contributed by atoms with Crippen LogP contribution in [0.25, 0.3) is 0 Å². The molecule has 134 valence electrons. The van der Waals surface area contributed by atoms with Gasteiger partial charge in [-0.2, -0.15) is 23.3 Å². The fraction of sp³-hybridized carbons (Fsp3) is 0.125. The van der Waals surface area contributed by atoms with E-state index in [0.29, 0.717) is 6.54 Å². The Balaban J connectivity index is 1.75. The van der Waals surface area contributed by atoms with Crippen molar-refractivity contribution in [1.82, 2.24) is 20.2 Å². The van der Waals surface area contributed by atoms with Crippen LogP contribution in [0.1, 0.15) is 11.1 Å². The van der Waals surface area contributed by atoms with Gasteiger partial charge in [-0.3, -0.25) is 4.98 Å². The summed E-state index contributed by atoms with van der Waals surface area (Å²) >= 11 is 5.96. The Labute approximate surface area is 151 Å². The first kappa shape index (κ1) is 17.9. The molecular weight excluding hydrogens is 369 g/mol. The summed E-state index contributed by atoms with van der Waals surface area (Å²) < 4.78 is 38.5. The van der Waals surface area contributed by atoms with Gasteiger partial charge >= 0.3 is 6.18 Å². The number of anilines is 3. The van der Waals surface area contributed by atoms with Crippen LogP contribution in [-0.2, 0) is 12.7 Å². The Morgan fingerprint density at radius 1 is 1.08 bits per heavy atom. The summed E-state index contributed by atoms with van der Waals surface area (Å²) in [6, 6.07) is 6.64. The molecule has 0 aliphatic heterocycles. The molecule has 2 aromatic heterocycles. The Hall–Kier alpha value is -2.94. The van der Waals surface area contributed by atoms with Crippen molar-refractivity contribution in [2.45, 2.75) is 12.7 Å². The SMILES string of the molecule is FC(F)(F)c1ccc(Cl)c(Nc2cnnc(NCc3ccncc3)n2)c1. The second-order valence-corrected chi connectivity index (χ2v) is 5.60. The van der Waals surface area contributed by atoms with E-state index in [1.807, 2.05) is 12.1 Å².